The first-order valence-electron chi connectivity index (χ1n) is 12.3. The topological polar surface area (TPSA) is 111 Å². The number of sulfone groups is 1. The Labute approximate surface area is 199 Å². The third-order valence-electron chi connectivity index (χ3n) is 7.23. The molecule has 1 amide bonds. The van der Waals surface area contributed by atoms with Crippen molar-refractivity contribution in [3.8, 4) is 0 Å². The molecule has 0 radical (unpaired) electrons. The normalized spacial score (nSPS) is 22.5. The SMILES string of the molecule is CC(C)n1ncc2c(C(=O)OCC(=O)N(C3CCCC3)C3CCS(=O)(=O)C3)cc(C3CC3)nc21. The van der Waals surface area contributed by atoms with E-state index in [4.69, 9.17) is 9.72 Å². The summed E-state index contributed by atoms with van der Waals surface area (Å²) in [7, 11) is -3.13. The van der Waals surface area contributed by atoms with Crippen LogP contribution in [0.2, 0.25) is 0 Å². The number of esters is 1. The molecule has 3 fully saturated rings. The monoisotopic (exact) mass is 488 g/mol. The van der Waals surface area contributed by atoms with Gasteiger partial charge in [0, 0.05) is 29.7 Å². The Morgan fingerprint density at radius 3 is 2.50 bits per heavy atom. The van der Waals surface area contributed by atoms with Gasteiger partial charge in [-0.15, -0.1) is 0 Å². The quantitative estimate of drug-likeness (QED) is 0.551. The molecule has 1 atom stereocenters. The van der Waals surface area contributed by atoms with Crippen LogP contribution in [0.25, 0.3) is 11.0 Å². The van der Waals surface area contributed by atoms with Crippen molar-refractivity contribution >= 4 is 32.7 Å². The number of carbonyl (C=O) groups is 2. The summed E-state index contributed by atoms with van der Waals surface area (Å²) in [6.45, 7) is 3.62. The summed E-state index contributed by atoms with van der Waals surface area (Å²) in [6, 6.07) is 1.55. The molecule has 5 rings (SSSR count). The molecule has 1 unspecified atom stereocenters. The van der Waals surface area contributed by atoms with E-state index in [1.165, 1.54) is 0 Å². The van der Waals surface area contributed by atoms with Gasteiger partial charge in [0.05, 0.1) is 28.7 Å². The van der Waals surface area contributed by atoms with Crippen LogP contribution in [-0.2, 0) is 19.4 Å². The third-order valence-corrected chi connectivity index (χ3v) is 8.98. The minimum atomic E-state index is -3.13. The molecule has 10 heteroatoms. The fraction of sp³-hybridized carbons (Fsp3) is 0.667. The van der Waals surface area contributed by atoms with Crippen LogP contribution in [0.1, 0.15) is 86.8 Å². The lowest BCUT2D eigenvalue weighted by molar-refractivity contribution is -0.139. The Morgan fingerprint density at radius 2 is 1.88 bits per heavy atom. The van der Waals surface area contributed by atoms with Crippen molar-refractivity contribution < 1.29 is 22.7 Å². The van der Waals surface area contributed by atoms with Gasteiger partial charge in [0.1, 0.15) is 0 Å². The molecule has 3 aliphatic rings. The van der Waals surface area contributed by atoms with Gasteiger partial charge < -0.3 is 9.64 Å². The molecule has 2 aliphatic carbocycles. The molecule has 0 bridgehead atoms. The van der Waals surface area contributed by atoms with Crippen molar-refractivity contribution in [3.05, 3.63) is 23.5 Å². The van der Waals surface area contributed by atoms with Gasteiger partial charge in [-0.3, -0.25) is 4.79 Å². The van der Waals surface area contributed by atoms with Gasteiger partial charge in [0.15, 0.2) is 22.1 Å². The first kappa shape index (κ1) is 23.3. The Kier molecular flexibility index (Phi) is 6.12. The van der Waals surface area contributed by atoms with Crippen LogP contribution in [0.15, 0.2) is 12.3 Å². The highest BCUT2D eigenvalue weighted by atomic mass is 32.2. The van der Waals surface area contributed by atoms with Crippen molar-refractivity contribution in [1.29, 1.82) is 0 Å². The van der Waals surface area contributed by atoms with E-state index in [1.54, 1.807) is 21.8 Å². The number of hydrogen-bond donors (Lipinski definition) is 0. The van der Waals surface area contributed by atoms with E-state index in [0.717, 1.165) is 44.2 Å². The molecule has 0 aromatic carbocycles. The summed E-state index contributed by atoms with van der Waals surface area (Å²) in [4.78, 5) is 32.9. The Bertz CT molecular complexity index is 1210. The van der Waals surface area contributed by atoms with Crippen LogP contribution in [-0.4, -0.2) is 70.2 Å². The Morgan fingerprint density at radius 1 is 1.15 bits per heavy atom. The van der Waals surface area contributed by atoms with Crippen LogP contribution in [0, 0.1) is 0 Å². The Hall–Kier alpha value is -2.49. The number of carbonyl (C=O) groups excluding carboxylic acids is 2. The summed E-state index contributed by atoms with van der Waals surface area (Å²) in [5.41, 5.74) is 1.89. The summed E-state index contributed by atoms with van der Waals surface area (Å²) >= 11 is 0. The van der Waals surface area contributed by atoms with Crippen molar-refractivity contribution in [2.75, 3.05) is 18.1 Å². The lowest BCUT2D eigenvalue weighted by Gasteiger charge is -2.33. The maximum absolute atomic E-state index is 13.2. The van der Waals surface area contributed by atoms with Crippen LogP contribution < -0.4 is 0 Å². The van der Waals surface area contributed by atoms with Crippen LogP contribution in [0.3, 0.4) is 0 Å². The molecular weight excluding hydrogens is 456 g/mol. The molecule has 1 saturated heterocycles. The molecule has 1 aliphatic heterocycles. The third kappa shape index (κ3) is 4.56. The lowest BCUT2D eigenvalue weighted by atomic mass is 10.1. The van der Waals surface area contributed by atoms with Crippen molar-refractivity contribution in [3.63, 3.8) is 0 Å². The number of ether oxygens (including phenoxy) is 1. The van der Waals surface area contributed by atoms with Crippen LogP contribution in [0.5, 0.6) is 0 Å². The van der Waals surface area contributed by atoms with E-state index < -0.39 is 22.4 Å². The van der Waals surface area contributed by atoms with Crippen molar-refractivity contribution in [1.82, 2.24) is 19.7 Å². The molecule has 3 heterocycles. The van der Waals surface area contributed by atoms with Gasteiger partial charge in [0.2, 0.25) is 0 Å². The number of aromatic nitrogens is 3. The maximum atomic E-state index is 13.2. The van der Waals surface area contributed by atoms with Crippen LogP contribution in [0.4, 0.5) is 0 Å². The molecule has 2 saturated carbocycles. The van der Waals surface area contributed by atoms with Gasteiger partial charge in [-0.05, 0) is 52.0 Å². The number of hydrogen-bond acceptors (Lipinski definition) is 7. The van der Waals surface area contributed by atoms with Crippen LogP contribution >= 0.6 is 0 Å². The molecule has 34 heavy (non-hydrogen) atoms. The van der Waals surface area contributed by atoms with Gasteiger partial charge in [-0.2, -0.15) is 5.10 Å². The first-order valence-corrected chi connectivity index (χ1v) is 14.1. The van der Waals surface area contributed by atoms with Gasteiger partial charge in [-0.1, -0.05) is 12.8 Å². The van der Waals surface area contributed by atoms with Crippen molar-refractivity contribution in [2.45, 2.75) is 82.8 Å². The number of amides is 1. The van der Waals surface area contributed by atoms with E-state index in [0.29, 0.717) is 28.9 Å². The average Bonchev–Trinajstić information content (AvgIpc) is 3.17. The van der Waals surface area contributed by atoms with E-state index in [2.05, 4.69) is 5.10 Å². The second-order valence-corrected chi connectivity index (χ2v) is 12.4. The zero-order valence-electron chi connectivity index (χ0n) is 19.8. The largest absolute Gasteiger partial charge is 0.452 e. The van der Waals surface area contributed by atoms with E-state index in [-0.39, 0.29) is 35.5 Å². The average molecular weight is 489 g/mol. The minimum absolute atomic E-state index is 0.00665. The molecule has 2 aromatic rings. The van der Waals surface area contributed by atoms with E-state index in [9.17, 15) is 18.0 Å². The number of nitrogens with zero attached hydrogens (tertiary/aromatic N) is 4. The second-order valence-electron chi connectivity index (χ2n) is 10.2. The fourth-order valence-electron chi connectivity index (χ4n) is 5.33. The minimum Gasteiger partial charge on any atom is -0.452 e. The highest BCUT2D eigenvalue weighted by Gasteiger charge is 2.39. The zero-order chi connectivity index (χ0) is 24.0. The predicted molar refractivity (Wildman–Crippen MR) is 126 cm³/mol. The molecule has 0 N–H and O–H groups in total. The molecule has 0 spiro atoms. The van der Waals surface area contributed by atoms with Gasteiger partial charge >= 0.3 is 5.97 Å². The molecule has 184 valence electrons. The summed E-state index contributed by atoms with van der Waals surface area (Å²) in [5, 5.41) is 5.03. The van der Waals surface area contributed by atoms with Crippen molar-refractivity contribution in [2.24, 2.45) is 0 Å². The second kappa shape index (κ2) is 8.94. The number of pyridine rings is 1. The Balaban J connectivity index is 1.36. The highest BCUT2D eigenvalue weighted by molar-refractivity contribution is 7.91. The number of fused-ring (bicyclic) bond motifs is 1. The van der Waals surface area contributed by atoms with E-state index >= 15 is 0 Å². The summed E-state index contributed by atoms with van der Waals surface area (Å²) in [6.07, 6.45) is 7.93. The summed E-state index contributed by atoms with van der Waals surface area (Å²) in [5.74, 6) is -0.445. The number of rotatable bonds is 7. The predicted octanol–water partition coefficient (Wildman–Crippen LogP) is 3.00. The zero-order valence-corrected chi connectivity index (χ0v) is 20.6. The standard InChI is InChI=1S/C24H32N4O5S/c1-15(2)28-23-20(12-25-28)19(11-21(26-23)16-7-8-16)24(30)33-13-22(29)27(17-5-3-4-6-17)18-9-10-34(31,32)14-18/h11-12,15-18H,3-10,13-14H2,1-2H3. The summed E-state index contributed by atoms with van der Waals surface area (Å²) < 4.78 is 31.5. The smallest absolute Gasteiger partial charge is 0.339 e. The molecular formula is C24H32N4O5S. The fourth-order valence-corrected chi connectivity index (χ4v) is 7.05. The maximum Gasteiger partial charge on any atom is 0.339 e. The first-order chi connectivity index (χ1) is 16.2. The van der Waals surface area contributed by atoms with Gasteiger partial charge in [0.25, 0.3) is 5.91 Å². The molecule has 2 aromatic heterocycles. The molecule has 9 nitrogen and oxygen atoms in total. The van der Waals surface area contributed by atoms with E-state index in [1.807, 2.05) is 13.8 Å². The van der Waals surface area contributed by atoms with Gasteiger partial charge in [-0.25, -0.2) is 22.9 Å². The lowest BCUT2D eigenvalue weighted by Crippen LogP contribution is -2.48. The highest BCUT2D eigenvalue weighted by Crippen LogP contribution is 2.40.